The van der Waals surface area contributed by atoms with Crippen molar-refractivity contribution in [3.05, 3.63) is 54.8 Å². The Bertz CT molecular complexity index is 330. The first-order valence-corrected chi connectivity index (χ1v) is 5.18. The number of allylic oxidation sites excluding steroid dienone is 1. The summed E-state index contributed by atoms with van der Waals surface area (Å²) in [5.74, 6) is 1.25. The molecule has 0 aromatic heterocycles. The van der Waals surface area contributed by atoms with Crippen LogP contribution in [0, 0.1) is 12.8 Å². The van der Waals surface area contributed by atoms with Crippen molar-refractivity contribution >= 4 is 0 Å². The number of benzene rings is 1. The Morgan fingerprint density at radius 2 is 2.07 bits per heavy atom. The lowest BCUT2D eigenvalue weighted by Gasteiger charge is -2.14. The zero-order chi connectivity index (χ0) is 10.5. The number of hydrogen-bond acceptors (Lipinski definition) is 2. The van der Waals surface area contributed by atoms with Gasteiger partial charge in [0, 0.05) is 5.92 Å². The van der Waals surface area contributed by atoms with E-state index in [0.717, 1.165) is 18.6 Å². The zero-order valence-corrected chi connectivity index (χ0v) is 8.69. The molecule has 0 amide bonds. The molecule has 1 aromatic rings. The molecular weight excluding hydrogens is 188 g/mol. The van der Waals surface area contributed by atoms with Crippen LogP contribution >= 0.6 is 0 Å². The topological polar surface area (TPSA) is 18.5 Å². The predicted molar refractivity (Wildman–Crippen MR) is 58.7 cm³/mol. The third-order valence-corrected chi connectivity index (χ3v) is 2.57. The Morgan fingerprint density at radius 1 is 1.27 bits per heavy atom. The van der Waals surface area contributed by atoms with Gasteiger partial charge in [-0.2, -0.15) is 0 Å². The minimum Gasteiger partial charge on any atom is -0.462 e. The van der Waals surface area contributed by atoms with Crippen molar-refractivity contribution in [2.45, 2.75) is 12.8 Å². The Morgan fingerprint density at radius 3 is 2.67 bits per heavy atom. The Labute approximate surface area is 90.5 Å². The molecule has 1 aliphatic rings. The average molecular weight is 203 g/mol. The van der Waals surface area contributed by atoms with E-state index in [1.54, 1.807) is 6.26 Å². The molecule has 1 unspecified atom stereocenters. The van der Waals surface area contributed by atoms with Gasteiger partial charge < -0.3 is 9.47 Å². The molecule has 0 saturated carbocycles. The van der Waals surface area contributed by atoms with Crippen LogP contribution in [0.4, 0.5) is 0 Å². The highest BCUT2D eigenvalue weighted by molar-refractivity contribution is 5.17. The van der Waals surface area contributed by atoms with Crippen molar-refractivity contribution in [1.82, 2.24) is 0 Å². The van der Waals surface area contributed by atoms with Gasteiger partial charge in [0.2, 0.25) is 6.79 Å². The van der Waals surface area contributed by atoms with E-state index in [4.69, 9.17) is 9.47 Å². The number of rotatable bonds is 4. The van der Waals surface area contributed by atoms with Crippen molar-refractivity contribution < 1.29 is 9.47 Å². The second-order valence-electron chi connectivity index (χ2n) is 3.62. The predicted octanol–water partition coefficient (Wildman–Crippen LogP) is 2.92. The first-order chi connectivity index (χ1) is 7.40. The summed E-state index contributed by atoms with van der Waals surface area (Å²) in [5, 5.41) is 0. The van der Waals surface area contributed by atoms with E-state index in [-0.39, 0.29) is 0 Å². The van der Waals surface area contributed by atoms with Gasteiger partial charge in [-0.1, -0.05) is 37.3 Å². The van der Waals surface area contributed by atoms with Crippen LogP contribution < -0.4 is 0 Å². The molecule has 2 nitrogen and oxygen atoms in total. The molecule has 2 rings (SSSR count). The van der Waals surface area contributed by atoms with Crippen LogP contribution in [0.1, 0.15) is 12.0 Å². The van der Waals surface area contributed by atoms with Gasteiger partial charge in [-0.25, -0.2) is 0 Å². The Balaban J connectivity index is 2.02. The van der Waals surface area contributed by atoms with Crippen LogP contribution in [0.2, 0.25) is 0 Å². The quantitative estimate of drug-likeness (QED) is 0.749. The van der Waals surface area contributed by atoms with E-state index in [2.05, 4.69) is 31.2 Å². The maximum atomic E-state index is 5.38. The van der Waals surface area contributed by atoms with Crippen molar-refractivity contribution in [2.75, 3.05) is 6.79 Å². The van der Waals surface area contributed by atoms with E-state index < -0.39 is 0 Å². The molecule has 1 aromatic carbocycles. The molecule has 1 atom stereocenters. The first kappa shape index (κ1) is 10.1. The summed E-state index contributed by atoms with van der Waals surface area (Å²) in [6.45, 7) is 4.30. The normalized spacial score (nSPS) is 16.5. The lowest BCUT2D eigenvalue weighted by molar-refractivity contribution is 0.0705. The lowest BCUT2D eigenvalue weighted by atomic mass is 9.95. The first-order valence-electron chi connectivity index (χ1n) is 5.18. The van der Waals surface area contributed by atoms with Gasteiger partial charge in [-0.3, -0.25) is 0 Å². The second kappa shape index (κ2) is 4.87. The van der Waals surface area contributed by atoms with Gasteiger partial charge in [0.05, 0.1) is 0 Å². The molecule has 0 fully saturated rings. The SMILES string of the molecule is [CH2]CC(Cc1ccccc1)C1=COCO1. The van der Waals surface area contributed by atoms with Gasteiger partial charge in [0.25, 0.3) is 0 Å². The van der Waals surface area contributed by atoms with Gasteiger partial charge in [0.1, 0.15) is 12.0 Å². The van der Waals surface area contributed by atoms with Crippen LogP contribution in [-0.4, -0.2) is 6.79 Å². The van der Waals surface area contributed by atoms with Crippen LogP contribution in [0.15, 0.2) is 42.4 Å². The molecular formula is C13H15O2. The van der Waals surface area contributed by atoms with E-state index in [1.807, 2.05) is 6.07 Å². The third-order valence-electron chi connectivity index (χ3n) is 2.57. The monoisotopic (exact) mass is 203 g/mol. The summed E-state index contributed by atoms with van der Waals surface area (Å²) in [6, 6.07) is 10.4. The fraction of sp³-hybridized carbons (Fsp3) is 0.308. The maximum Gasteiger partial charge on any atom is 0.229 e. The molecule has 0 spiro atoms. The highest BCUT2D eigenvalue weighted by atomic mass is 16.7. The van der Waals surface area contributed by atoms with Crippen LogP contribution in [-0.2, 0) is 15.9 Å². The van der Waals surface area contributed by atoms with Gasteiger partial charge in [-0.05, 0) is 18.4 Å². The van der Waals surface area contributed by atoms with Crippen molar-refractivity contribution in [1.29, 1.82) is 0 Å². The van der Waals surface area contributed by atoms with E-state index >= 15 is 0 Å². The van der Waals surface area contributed by atoms with Gasteiger partial charge in [0.15, 0.2) is 0 Å². The van der Waals surface area contributed by atoms with Crippen LogP contribution in [0.5, 0.6) is 0 Å². The zero-order valence-electron chi connectivity index (χ0n) is 8.69. The Hall–Kier alpha value is -1.44. The molecule has 2 heteroatoms. The summed E-state index contributed by atoms with van der Waals surface area (Å²) in [4.78, 5) is 0. The minimum absolute atomic E-state index is 0.329. The lowest BCUT2D eigenvalue weighted by Crippen LogP contribution is -2.07. The summed E-state index contributed by atoms with van der Waals surface area (Å²) in [6.07, 6.45) is 3.49. The number of ether oxygens (including phenoxy) is 2. The fourth-order valence-electron chi connectivity index (χ4n) is 1.71. The molecule has 1 radical (unpaired) electrons. The highest BCUT2D eigenvalue weighted by Gasteiger charge is 2.18. The summed E-state index contributed by atoms with van der Waals surface area (Å²) >= 11 is 0. The molecule has 15 heavy (non-hydrogen) atoms. The molecule has 0 bridgehead atoms. The second-order valence-corrected chi connectivity index (χ2v) is 3.62. The van der Waals surface area contributed by atoms with Crippen molar-refractivity contribution in [3.8, 4) is 0 Å². The van der Waals surface area contributed by atoms with E-state index in [0.29, 0.717) is 12.7 Å². The standard InChI is InChI=1S/C13H15O2/c1-2-12(13-9-14-10-15-13)8-11-6-4-3-5-7-11/h3-7,9,12H,1-2,8,10H2. The summed E-state index contributed by atoms with van der Waals surface area (Å²) in [7, 11) is 0. The highest BCUT2D eigenvalue weighted by Crippen LogP contribution is 2.24. The van der Waals surface area contributed by atoms with Crippen LogP contribution in [0.25, 0.3) is 0 Å². The van der Waals surface area contributed by atoms with Gasteiger partial charge >= 0.3 is 0 Å². The number of hydrogen-bond donors (Lipinski definition) is 0. The molecule has 0 aliphatic carbocycles. The van der Waals surface area contributed by atoms with Crippen molar-refractivity contribution in [3.63, 3.8) is 0 Å². The Kier molecular flexibility index (Phi) is 3.28. The molecule has 1 heterocycles. The maximum absolute atomic E-state index is 5.38. The molecule has 0 saturated heterocycles. The third kappa shape index (κ3) is 2.52. The van der Waals surface area contributed by atoms with Crippen LogP contribution in [0.3, 0.4) is 0 Å². The smallest absolute Gasteiger partial charge is 0.229 e. The summed E-state index contributed by atoms with van der Waals surface area (Å²) < 4.78 is 10.4. The van der Waals surface area contributed by atoms with E-state index in [1.165, 1.54) is 5.56 Å². The largest absolute Gasteiger partial charge is 0.462 e. The van der Waals surface area contributed by atoms with E-state index in [9.17, 15) is 0 Å². The minimum atomic E-state index is 0.329. The average Bonchev–Trinajstić information content (AvgIpc) is 2.81. The van der Waals surface area contributed by atoms with Gasteiger partial charge in [-0.15, -0.1) is 0 Å². The molecule has 0 N–H and O–H groups in total. The van der Waals surface area contributed by atoms with Crippen molar-refractivity contribution in [2.24, 2.45) is 5.92 Å². The molecule has 79 valence electrons. The fourth-order valence-corrected chi connectivity index (χ4v) is 1.71. The summed E-state index contributed by atoms with van der Waals surface area (Å²) in [5.41, 5.74) is 1.31. The molecule has 1 aliphatic heterocycles.